The Bertz CT molecular complexity index is 1870. The molecule has 0 radical (unpaired) electrons. The van der Waals surface area contributed by atoms with Crippen LogP contribution in [0, 0.1) is 0 Å². The van der Waals surface area contributed by atoms with E-state index in [2.05, 4.69) is 15.6 Å². The Kier molecular flexibility index (Phi) is 7.78. The molecule has 3 heterocycles. The largest absolute Gasteiger partial charge is 0.478 e. The fourth-order valence-corrected chi connectivity index (χ4v) is 5.74. The fourth-order valence-electron chi connectivity index (χ4n) is 5.41. The van der Waals surface area contributed by atoms with Crippen molar-refractivity contribution in [2.45, 2.75) is 18.5 Å². The standard InChI is InChI=1S/C33H26N4O6S/c38-28(35-24-10-5-7-19-6-1-2-8-23(19)24)13-15-37-30(29(36-33(37)44)25-9-3-4-14-34-25)27-12-11-26(43-27)20-16-21(31(39)40)18-22(17-20)32(41)42/h1-12,14,16-18,29-30H,13,15H2,(H,35,38)(H,36,44)(H,39,40)(H,41,42)/t29-,30+/m0/s1. The van der Waals surface area contributed by atoms with Crippen LogP contribution in [0.25, 0.3) is 22.1 Å². The highest BCUT2D eigenvalue weighted by atomic mass is 32.1. The minimum Gasteiger partial charge on any atom is -0.478 e. The van der Waals surface area contributed by atoms with Crippen molar-refractivity contribution in [3.05, 3.63) is 120 Å². The first kappa shape index (κ1) is 28.6. The van der Waals surface area contributed by atoms with Gasteiger partial charge in [0.1, 0.15) is 17.6 Å². The third kappa shape index (κ3) is 5.72. The molecule has 5 aromatic rings. The van der Waals surface area contributed by atoms with Crippen LogP contribution in [0.5, 0.6) is 0 Å². The average molecular weight is 607 g/mol. The second-order valence-corrected chi connectivity index (χ2v) is 10.6. The summed E-state index contributed by atoms with van der Waals surface area (Å²) in [6.07, 6.45) is 1.81. The SMILES string of the molecule is O=C(CCN1C(=S)N[C@@H](c2ccccn2)[C@H]1c1ccc(-c2cc(C(=O)O)cc(C(=O)O)c2)o1)Nc1cccc2ccccc12. The van der Waals surface area contributed by atoms with Gasteiger partial charge in [-0.25, -0.2) is 9.59 Å². The van der Waals surface area contributed by atoms with Crippen LogP contribution in [0.4, 0.5) is 5.69 Å². The lowest BCUT2D eigenvalue weighted by Crippen LogP contribution is -2.32. The first-order valence-electron chi connectivity index (χ1n) is 13.8. The van der Waals surface area contributed by atoms with E-state index in [0.29, 0.717) is 22.1 Å². The second kappa shape index (κ2) is 12.0. The van der Waals surface area contributed by atoms with E-state index < -0.39 is 24.0 Å². The Balaban J connectivity index is 1.29. The van der Waals surface area contributed by atoms with E-state index >= 15 is 0 Å². The summed E-state index contributed by atoms with van der Waals surface area (Å²) < 4.78 is 6.25. The molecule has 0 aliphatic carbocycles. The Morgan fingerprint density at radius 3 is 2.36 bits per heavy atom. The molecule has 10 nitrogen and oxygen atoms in total. The number of pyridine rings is 1. The van der Waals surface area contributed by atoms with Crippen molar-refractivity contribution in [1.82, 2.24) is 15.2 Å². The van der Waals surface area contributed by atoms with Gasteiger partial charge in [-0.05, 0) is 66.1 Å². The first-order valence-corrected chi connectivity index (χ1v) is 14.2. The van der Waals surface area contributed by atoms with Crippen molar-refractivity contribution in [2.24, 2.45) is 0 Å². The van der Waals surface area contributed by atoms with Gasteiger partial charge in [-0.1, -0.05) is 42.5 Å². The Labute approximate surface area is 257 Å². The van der Waals surface area contributed by atoms with E-state index in [4.69, 9.17) is 16.6 Å². The zero-order chi connectivity index (χ0) is 30.8. The molecule has 6 rings (SSSR count). The minimum atomic E-state index is -1.25. The number of carbonyl (C=O) groups excluding carboxylic acids is 1. The van der Waals surface area contributed by atoms with Crippen molar-refractivity contribution in [1.29, 1.82) is 0 Å². The predicted octanol–water partition coefficient (Wildman–Crippen LogP) is 5.89. The number of nitrogens with zero attached hydrogens (tertiary/aromatic N) is 2. The lowest BCUT2D eigenvalue weighted by Gasteiger charge is -2.26. The number of furan rings is 1. The molecule has 0 saturated carbocycles. The summed E-state index contributed by atoms with van der Waals surface area (Å²) in [4.78, 5) is 42.9. The molecule has 1 amide bonds. The number of carboxylic acids is 2. The van der Waals surface area contributed by atoms with Crippen molar-refractivity contribution in [3.63, 3.8) is 0 Å². The molecule has 1 saturated heterocycles. The fraction of sp³-hybridized carbons (Fsp3) is 0.121. The Morgan fingerprint density at radius 2 is 1.64 bits per heavy atom. The third-order valence-corrected chi connectivity index (χ3v) is 7.82. The van der Waals surface area contributed by atoms with Crippen molar-refractivity contribution < 1.29 is 29.0 Å². The number of carboxylic acid groups (broad SMARTS) is 2. The van der Waals surface area contributed by atoms with Gasteiger partial charge in [0, 0.05) is 35.8 Å². The molecule has 3 aromatic carbocycles. The van der Waals surface area contributed by atoms with Crippen LogP contribution < -0.4 is 10.6 Å². The summed E-state index contributed by atoms with van der Waals surface area (Å²) >= 11 is 5.71. The van der Waals surface area contributed by atoms with Gasteiger partial charge in [0.25, 0.3) is 0 Å². The molecule has 44 heavy (non-hydrogen) atoms. The van der Waals surface area contributed by atoms with Crippen LogP contribution in [0.2, 0.25) is 0 Å². The summed E-state index contributed by atoms with van der Waals surface area (Å²) in [6.45, 7) is 0.268. The molecule has 0 unspecified atom stereocenters. The van der Waals surface area contributed by atoms with Gasteiger partial charge in [0.2, 0.25) is 5.91 Å². The van der Waals surface area contributed by atoms with Crippen molar-refractivity contribution in [2.75, 3.05) is 11.9 Å². The molecule has 2 aromatic heterocycles. The molecule has 2 atom stereocenters. The predicted molar refractivity (Wildman–Crippen MR) is 167 cm³/mol. The third-order valence-electron chi connectivity index (χ3n) is 7.47. The van der Waals surface area contributed by atoms with Gasteiger partial charge in [-0.15, -0.1) is 0 Å². The van der Waals surface area contributed by atoms with Crippen molar-refractivity contribution >= 4 is 51.6 Å². The van der Waals surface area contributed by atoms with E-state index in [-0.39, 0.29) is 35.8 Å². The number of carbonyl (C=O) groups is 3. The average Bonchev–Trinajstić information content (AvgIpc) is 3.65. The number of hydrogen-bond donors (Lipinski definition) is 4. The van der Waals surface area contributed by atoms with Gasteiger partial charge < -0.3 is 30.2 Å². The molecular weight excluding hydrogens is 580 g/mol. The second-order valence-electron chi connectivity index (χ2n) is 10.3. The number of amides is 1. The van der Waals surface area contributed by atoms with Crippen molar-refractivity contribution in [3.8, 4) is 11.3 Å². The topological polar surface area (TPSA) is 145 Å². The molecule has 0 spiro atoms. The number of rotatable bonds is 9. The molecule has 0 bridgehead atoms. The summed E-state index contributed by atoms with van der Waals surface area (Å²) in [5, 5.41) is 27.7. The van der Waals surface area contributed by atoms with E-state index in [1.165, 1.54) is 12.1 Å². The maximum absolute atomic E-state index is 13.1. The van der Waals surface area contributed by atoms with Crippen LogP contribution in [0.3, 0.4) is 0 Å². The number of aromatic nitrogens is 1. The number of nitrogens with one attached hydrogen (secondary N) is 2. The van der Waals surface area contributed by atoms with Gasteiger partial charge in [-0.2, -0.15) is 0 Å². The first-order chi connectivity index (χ1) is 21.3. The monoisotopic (exact) mass is 606 g/mol. The lowest BCUT2D eigenvalue weighted by atomic mass is 10.0. The Morgan fingerprint density at radius 1 is 0.909 bits per heavy atom. The van der Waals surface area contributed by atoms with Crippen LogP contribution in [-0.4, -0.2) is 49.6 Å². The highest BCUT2D eigenvalue weighted by Gasteiger charge is 2.41. The summed E-state index contributed by atoms with van der Waals surface area (Å²) in [5.41, 5.74) is 1.38. The van der Waals surface area contributed by atoms with Gasteiger partial charge >= 0.3 is 11.9 Å². The normalized spacial score (nSPS) is 16.1. The maximum Gasteiger partial charge on any atom is 0.335 e. The number of fused-ring (bicyclic) bond motifs is 1. The summed E-state index contributed by atoms with van der Waals surface area (Å²) in [5.74, 6) is -1.92. The van der Waals surface area contributed by atoms with E-state index in [1.54, 1.807) is 18.3 Å². The van der Waals surface area contributed by atoms with E-state index in [9.17, 15) is 24.6 Å². The highest BCUT2D eigenvalue weighted by molar-refractivity contribution is 7.80. The lowest BCUT2D eigenvalue weighted by molar-refractivity contribution is -0.116. The number of hydrogen-bond acceptors (Lipinski definition) is 6. The highest BCUT2D eigenvalue weighted by Crippen LogP contribution is 2.40. The molecule has 4 N–H and O–H groups in total. The number of benzene rings is 3. The molecule has 220 valence electrons. The minimum absolute atomic E-state index is 0.132. The summed E-state index contributed by atoms with van der Waals surface area (Å²) in [6, 6.07) is 25.4. The zero-order valence-electron chi connectivity index (χ0n) is 23.1. The number of thiocarbonyl (C=S) groups is 1. The van der Waals surface area contributed by atoms with Crippen LogP contribution in [-0.2, 0) is 4.79 Å². The molecule has 1 aliphatic rings. The van der Waals surface area contributed by atoms with Gasteiger partial charge in [0.15, 0.2) is 5.11 Å². The quantitative estimate of drug-likeness (QED) is 0.150. The molecular formula is C33H26N4O6S. The molecule has 1 aliphatic heterocycles. The zero-order valence-corrected chi connectivity index (χ0v) is 24.0. The van der Waals surface area contributed by atoms with Crippen LogP contribution in [0.15, 0.2) is 102 Å². The van der Waals surface area contributed by atoms with Crippen LogP contribution in [0.1, 0.15) is 50.7 Å². The molecule has 1 fully saturated rings. The van der Waals surface area contributed by atoms with Gasteiger partial charge in [-0.3, -0.25) is 9.78 Å². The smallest absolute Gasteiger partial charge is 0.335 e. The maximum atomic E-state index is 13.1. The summed E-state index contributed by atoms with van der Waals surface area (Å²) in [7, 11) is 0. The van der Waals surface area contributed by atoms with E-state index in [0.717, 1.165) is 22.5 Å². The van der Waals surface area contributed by atoms with Crippen LogP contribution >= 0.6 is 12.2 Å². The molecule has 11 heteroatoms. The van der Waals surface area contributed by atoms with Gasteiger partial charge in [0.05, 0.1) is 22.9 Å². The number of anilines is 1. The number of aromatic carboxylic acids is 2. The van der Waals surface area contributed by atoms with E-state index in [1.807, 2.05) is 65.6 Å². The Hall–Kier alpha value is -5.55.